The molecule has 0 spiro atoms. The van der Waals surface area contributed by atoms with E-state index in [1.54, 1.807) is 0 Å². The normalized spacial score (nSPS) is 25.7. The van der Waals surface area contributed by atoms with Crippen molar-refractivity contribution in [2.24, 2.45) is 0 Å². The van der Waals surface area contributed by atoms with Gasteiger partial charge in [0.2, 0.25) is 0 Å². The largest absolute Gasteiger partial charge is 0.395 e. The second-order valence-corrected chi connectivity index (χ2v) is 5.55. The molecule has 0 radical (unpaired) electrons. The molecular formula is C13H28N4O. The zero-order valence-electron chi connectivity index (χ0n) is 11.7. The monoisotopic (exact) mass is 256 g/mol. The van der Waals surface area contributed by atoms with Gasteiger partial charge in [-0.3, -0.25) is 14.7 Å². The molecule has 1 N–H and O–H groups in total. The van der Waals surface area contributed by atoms with Crippen LogP contribution in [-0.2, 0) is 0 Å². The van der Waals surface area contributed by atoms with Crippen LogP contribution in [0.4, 0.5) is 0 Å². The van der Waals surface area contributed by atoms with Crippen LogP contribution in [0.3, 0.4) is 0 Å². The van der Waals surface area contributed by atoms with E-state index in [2.05, 4.69) is 26.6 Å². The second kappa shape index (κ2) is 7.40. The predicted molar refractivity (Wildman–Crippen MR) is 73.9 cm³/mol. The van der Waals surface area contributed by atoms with E-state index in [-0.39, 0.29) is 0 Å². The molecule has 0 saturated carbocycles. The van der Waals surface area contributed by atoms with Crippen molar-refractivity contribution in [3.05, 3.63) is 0 Å². The fourth-order valence-corrected chi connectivity index (χ4v) is 2.73. The molecule has 2 aliphatic heterocycles. The van der Waals surface area contributed by atoms with Gasteiger partial charge in [0.05, 0.1) is 6.61 Å². The molecule has 5 heteroatoms. The van der Waals surface area contributed by atoms with Gasteiger partial charge < -0.3 is 10.0 Å². The maximum Gasteiger partial charge on any atom is 0.0558 e. The molecule has 2 heterocycles. The molecule has 2 fully saturated rings. The van der Waals surface area contributed by atoms with Gasteiger partial charge in [0, 0.05) is 72.0 Å². The lowest BCUT2D eigenvalue weighted by Crippen LogP contribution is -2.51. The molecule has 5 nitrogen and oxygen atoms in total. The highest BCUT2D eigenvalue weighted by molar-refractivity contribution is 4.75. The highest BCUT2D eigenvalue weighted by Gasteiger charge is 2.18. The van der Waals surface area contributed by atoms with Crippen molar-refractivity contribution in [3.8, 4) is 0 Å². The van der Waals surface area contributed by atoms with Crippen molar-refractivity contribution in [1.82, 2.24) is 19.6 Å². The SMILES string of the molecule is CN1CCN(CCN2CCN(CCO)CC2)CC1. The average Bonchev–Trinajstić information content (AvgIpc) is 2.40. The summed E-state index contributed by atoms with van der Waals surface area (Å²) in [6, 6.07) is 0. The summed E-state index contributed by atoms with van der Waals surface area (Å²) in [6.45, 7) is 13.0. The molecule has 0 aliphatic carbocycles. The van der Waals surface area contributed by atoms with E-state index in [0.29, 0.717) is 6.61 Å². The maximum atomic E-state index is 8.91. The first kappa shape index (κ1) is 14.2. The Morgan fingerprint density at radius 2 is 1.06 bits per heavy atom. The van der Waals surface area contributed by atoms with E-state index < -0.39 is 0 Å². The Morgan fingerprint density at radius 1 is 0.667 bits per heavy atom. The molecule has 0 aromatic carbocycles. The van der Waals surface area contributed by atoms with Crippen LogP contribution in [0.15, 0.2) is 0 Å². The molecule has 2 aliphatic rings. The molecule has 0 unspecified atom stereocenters. The summed E-state index contributed by atoms with van der Waals surface area (Å²) in [7, 11) is 2.21. The minimum Gasteiger partial charge on any atom is -0.395 e. The maximum absolute atomic E-state index is 8.91. The highest BCUT2D eigenvalue weighted by atomic mass is 16.3. The summed E-state index contributed by atoms with van der Waals surface area (Å²) < 4.78 is 0. The average molecular weight is 256 g/mol. The minimum atomic E-state index is 0.293. The third-order valence-electron chi connectivity index (χ3n) is 4.21. The Balaban J connectivity index is 1.57. The van der Waals surface area contributed by atoms with Gasteiger partial charge >= 0.3 is 0 Å². The number of piperazine rings is 2. The summed E-state index contributed by atoms with van der Waals surface area (Å²) in [6.07, 6.45) is 0. The number of aliphatic hydroxyl groups excluding tert-OH is 1. The van der Waals surface area contributed by atoms with Crippen molar-refractivity contribution >= 4 is 0 Å². The Labute approximate surface area is 111 Å². The fraction of sp³-hybridized carbons (Fsp3) is 1.00. The lowest BCUT2D eigenvalue weighted by atomic mass is 10.3. The van der Waals surface area contributed by atoms with Crippen molar-refractivity contribution < 1.29 is 5.11 Å². The molecule has 106 valence electrons. The van der Waals surface area contributed by atoms with Crippen molar-refractivity contribution in [3.63, 3.8) is 0 Å². The van der Waals surface area contributed by atoms with Gasteiger partial charge in [0.15, 0.2) is 0 Å². The summed E-state index contributed by atoms with van der Waals surface area (Å²) >= 11 is 0. The van der Waals surface area contributed by atoms with Gasteiger partial charge in [-0.25, -0.2) is 0 Å². The number of hydrogen-bond acceptors (Lipinski definition) is 5. The van der Waals surface area contributed by atoms with Gasteiger partial charge in [-0.15, -0.1) is 0 Å². The first-order valence-corrected chi connectivity index (χ1v) is 7.24. The molecular weight excluding hydrogens is 228 g/mol. The van der Waals surface area contributed by atoms with Crippen LogP contribution in [0.25, 0.3) is 0 Å². The molecule has 0 aromatic rings. The third-order valence-corrected chi connectivity index (χ3v) is 4.21. The smallest absolute Gasteiger partial charge is 0.0558 e. The van der Waals surface area contributed by atoms with E-state index in [1.807, 2.05) is 0 Å². The number of nitrogens with zero attached hydrogens (tertiary/aromatic N) is 4. The minimum absolute atomic E-state index is 0.293. The van der Waals surface area contributed by atoms with E-state index >= 15 is 0 Å². The number of aliphatic hydroxyl groups is 1. The van der Waals surface area contributed by atoms with Gasteiger partial charge in [-0.05, 0) is 7.05 Å². The van der Waals surface area contributed by atoms with Crippen LogP contribution in [0.5, 0.6) is 0 Å². The molecule has 2 rings (SSSR count). The summed E-state index contributed by atoms with van der Waals surface area (Å²) in [5.74, 6) is 0. The van der Waals surface area contributed by atoms with Crippen LogP contribution in [0, 0.1) is 0 Å². The molecule has 2 saturated heterocycles. The highest BCUT2D eigenvalue weighted by Crippen LogP contribution is 2.03. The molecule has 0 aromatic heterocycles. The second-order valence-electron chi connectivity index (χ2n) is 5.55. The number of hydrogen-bond donors (Lipinski definition) is 1. The molecule has 0 bridgehead atoms. The lowest BCUT2D eigenvalue weighted by molar-refractivity contribution is 0.0920. The Bertz CT molecular complexity index is 223. The summed E-state index contributed by atoms with van der Waals surface area (Å²) in [4.78, 5) is 9.91. The zero-order valence-corrected chi connectivity index (χ0v) is 11.7. The van der Waals surface area contributed by atoms with Crippen molar-refractivity contribution in [2.45, 2.75) is 0 Å². The van der Waals surface area contributed by atoms with E-state index in [9.17, 15) is 0 Å². The van der Waals surface area contributed by atoms with Gasteiger partial charge in [-0.2, -0.15) is 0 Å². The predicted octanol–water partition coefficient (Wildman–Crippen LogP) is -1.16. The van der Waals surface area contributed by atoms with Crippen molar-refractivity contribution in [2.75, 3.05) is 85.6 Å². The number of β-amino-alcohol motifs (C(OH)–C–C–N with tert-alkyl or cyclic N) is 1. The van der Waals surface area contributed by atoms with E-state index in [4.69, 9.17) is 5.11 Å². The van der Waals surface area contributed by atoms with Crippen molar-refractivity contribution in [1.29, 1.82) is 0 Å². The fourth-order valence-electron chi connectivity index (χ4n) is 2.73. The van der Waals surface area contributed by atoms with Gasteiger partial charge in [-0.1, -0.05) is 0 Å². The zero-order chi connectivity index (χ0) is 12.8. The van der Waals surface area contributed by atoms with Gasteiger partial charge in [0.1, 0.15) is 0 Å². The van der Waals surface area contributed by atoms with Crippen LogP contribution in [-0.4, -0.2) is 110 Å². The van der Waals surface area contributed by atoms with Crippen LogP contribution >= 0.6 is 0 Å². The lowest BCUT2D eigenvalue weighted by Gasteiger charge is -2.37. The van der Waals surface area contributed by atoms with E-state index in [1.165, 1.54) is 39.3 Å². The first-order valence-electron chi connectivity index (χ1n) is 7.24. The first-order chi connectivity index (χ1) is 8.78. The molecule has 18 heavy (non-hydrogen) atoms. The van der Waals surface area contributed by atoms with E-state index in [0.717, 1.165) is 32.7 Å². The Hall–Kier alpha value is -0.200. The Morgan fingerprint density at radius 3 is 1.50 bits per heavy atom. The summed E-state index contributed by atoms with van der Waals surface area (Å²) in [5, 5.41) is 8.91. The molecule has 0 amide bonds. The summed E-state index contributed by atoms with van der Waals surface area (Å²) in [5.41, 5.74) is 0. The number of rotatable bonds is 5. The van der Waals surface area contributed by atoms with Gasteiger partial charge in [0.25, 0.3) is 0 Å². The quantitative estimate of drug-likeness (QED) is 0.671. The molecule has 0 atom stereocenters. The topological polar surface area (TPSA) is 33.2 Å². The van der Waals surface area contributed by atoms with Crippen LogP contribution in [0.1, 0.15) is 0 Å². The number of likely N-dealkylation sites (N-methyl/N-ethyl adjacent to an activating group) is 1. The van der Waals surface area contributed by atoms with Crippen LogP contribution < -0.4 is 0 Å². The Kier molecular flexibility index (Phi) is 5.85. The van der Waals surface area contributed by atoms with Crippen LogP contribution in [0.2, 0.25) is 0 Å². The third kappa shape index (κ3) is 4.48. The standard InChI is InChI=1S/C13H28N4O/c1-14-2-4-15(5-3-14)6-7-16-8-10-17(11-9-16)12-13-18/h18H,2-13H2,1H3.